The molecule has 0 saturated carbocycles. The van der Waals surface area contributed by atoms with Crippen molar-refractivity contribution in [3.63, 3.8) is 0 Å². The number of nitrogen functional groups attached to an aromatic ring is 1. The summed E-state index contributed by atoms with van der Waals surface area (Å²) in [5.74, 6) is -4.82. The van der Waals surface area contributed by atoms with Crippen LogP contribution in [0.5, 0.6) is 0 Å². The molecule has 0 aliphatic carbocycles. The number of hydrogen-bond acceptors (Lipinski definition) is 12. The molecule has 1 saturated heterocycles. The highest BCUT2D eigenvalue weighted by molar-refractivity contribution is 7.13. The van der Waals surface area contributed by atoms with Crippen molar-refractivity contribution < 1.29 is 49.3 Å². The zero-order chi connectivity index (χ0) is 23.3. The average molecular weight is 461 g/mol. The molecule has 1 fully saturated rings. The molecule has 0 radical (unpaired) electrons. The van der Waals surface area contributed by atoms with Gasteiger partial charge in [0.25, 0.3) is 11.8 Å². The number of carbonyl (C=O) groups excluding carboxylic acids is 2. The van der Waals surface area contributed by atoms with Crippen molar-refractivity contribution in [2.45, 2.75) is 24.6 Å². The highest BCUT2D eigenvalue weighted by Gasteiger charge is 2.60. The third-order valence-corrected chi connectivity index (χ3v) is 4.80. The molecule has 16 heteroatoms. The lowest BCUT2D eigenvalue weighted by molar-refractivity contribution is -0.288. The molecule has 0 aromatic carbocycles. The zero-order valence-corrected chi connectivity index (χ0v) is 16.7. The van der Waals surface area contributed by atoms with E-state index in [2.05, 4.69) is 20.3 Å². The predicted octanol–water partition coefficient (Wildman–Crippen LogP) is -3.01. The lowest BCUT2D eigenvalue weighted by Gasteiger charge is -2.53. The van der Waals surface area contributed by atoms with Crippen molar-refractivity contribution in [1.82, 2.24) is 15.4 Å². The summed E-state index contributed by atoms with van der Waals surface area (Å²) in [5.41, 5.74) is 3.41. The van der Waals surface area contributed by atoms with Crippen LogP contribution in [0.2, 0.25) is 0 Å². The average Bonchev–Trinajstić information content (AvgIpc) is 3.14. The highest BCUT2D eigenvalue weighted by atomic mass is 32.1. The van der Waals surface area contributed by atoms with E-state index in [0.717, 1.165) is 11.3 Å². The molecular weight excluding hydrogens is 442 g/mol. The summed E-state index contributed by atoms with van der Waals surface area (Å²) >= 11 is 0.965. The summed E-state index contributed by atoms with van der Waals surface area (Å²) in [7, 11) is 0. The number of thiazole rings is 1. The molecule has 2 heterocycles. The van der Waals surface area contributed by atoms with E-state index in [-0.39, 0.29) is 10.8 Å². The van der Waals surface area contributed by atoms with E-state index < -0.39 is 67.0 Å². The van der Waals surface area contributed by atoms with E-state index in [1.54, 1.807) is 0 Å². The molecule has 1 aromatic heterocycles. The summed E-state index contributed by atoms with van der Waals surface area (Å²) in [4.78, 5) is 60.1. The maximum absolute atomic E-state index is 12.7. The van der Waals surface area contributed by atoms with Gasteiger partial charge in [-0.05, 0) is 6.92 Å². The van der Waals surface area contributed by atoms with Crippen molar-refractivity contribution in [2.24, 2.45) is 5.16 Å². The van der Waals surface area contributed by atoms with Gasteiger partial charge in [-0.3, -0.25) is 14.4 Å². The summed E-state index contributed by atoms with van der Waals surface area (Å²) in [5, 5.41) is 44.1. The number of hydroxylamine groups is 2. The van der Waals surface area contributed by atoms with Gasteiger partial charge in [-0.1, -0.05) is 5.16 Å². The van der Waals surface area contributed by atoms with Gasteiger partial charge in [0, 0.05) is 5.38 Å². The number of nitrogens with zero attached hydrogens (tertiary/aromatic N) is 3. The minimum absolute atomic E-state index is 0.0535. The number of β-lactam (4-membered cyclic amide) rings is 1. The Labute approximate surface area is 177 Å². The standard InChI is InChI=1S/C15H19N5O10S/c1-15(5-22)10(12(26)20(15)30-7(2-21)13(27)28)18-11(25)9(19-29-3-8(23)24)6-4-31-14(16)17-6/h4,7,10,21-22H,2-3,5H2,1H3,(H2,16,17)(H,18,25)(H,23,24)(H,27,28)/b19-9-/t7?,10-,15?/m1/s1. The second-order valence-electron chi connectivity index (χ2n) is 6.35. The first kappa shape index (κ1) is 23.9. The molecule has 1 aromatic rings. The number of aromatic nitrogens is 1. The molecule has 2 unspecified atom stereocenters. The normalized spacial score (nSPS) is 21.9. The summed E-state index contributed by atoms with van der Waals surface area (Å²) in [6, 6.07) is -1.38. The fourth-order valence-corrected chi connectivity index (χ4v) is 3.02. The Kier molecular flexibility index (Phi) is 7.45. The summed E-state index contributed by atoms with van der Waals surface area (Å²) in [6.07, 6.45) is -1.77. The third-order valence-electron chi connectivity index (χ3n) is 4.13. The van der Waals surface area contributed by atoms with Crippen LogP contribution < -0.4 is 11.1 Å². The largest absolute Gasteiger partial charge is 0.479 e. The van der Waals surface area contributed by atoms with Gasteiger partial charge in [0.2, 0.25) is 12.7 Å². The Balaban J connectivity index is 2.21. The SMILES string of the molecule is CC1(CO)[C@H](NC(=O)/C(=N\OCC(=O)O)c2csc(N)n2)C(=O)N1OC(CO)C(=O)O. The maximum Gasteiger partial charge on any atom is 0.344 e. The van der Waals surface area contributed by atoms with E-state index >= 15 is 0 Å². The third kappa shape index (κ3) is 5.05. The van der Waals surface area contributed by atoms with Crippen molar-refractivity contribution >= 4 is 45.9 Å². The highest BCUT2D eigenvalue weighted by Crippen LogP contribution is 2.33. The van der Waals surface area contributed by atoms with Gasteiger partial charge in [0.1, 0.15) is 17.3 Å². The number of carbonyl (C=O) groups is 4. The fraction of sp³-hybridized carbons (Fsp3) is 0.467. The lowest BCUT2D eigenvalue weighted by atomic mass is 9.83. The van der Waals surface area contributed by atoms with Crippen molar-refractivity contribution in [3.05, 3.63) is 11.1 Å². The number of nitrogens with one attached hydrogen (secondary N) is 1. The molecule has 1 aliphatic heterocycles. The van der Waals surface area contributed by atoms with Gasteiger partial charge < -0.3 is 36.3 Å². The van der Waals surface area contributed by atoms with Gasteiger partial charge in [-0.15, -0.1) is 11.3 Å². The monoisotopic (exact) mass is 461 g/mol. The molecular formula is C15H19N5O10S. The van der Waals surface area contributed by atoms with Crippen LogP contribution in [0.1, 0.15) is 12.6 Å². The Bertz CT molecular complexity index is 905. The summed E-state index contributed by atoms with van der Waals surface area (Å²) in [6.45, 7) is -1.24. The zero-order valence-electron chi connectivity index (χ0n) is 15.9. The number of aliphatic hydroxyl groups excluding tert-OH is 2. The molecule has 7 N–H and O–H groups in total. The number of rotatable bonds is 11. The molecule has 170 valence electrons. The number of amides is 2. The number of oxime groups is 1. The van der Waals surface area contributed by atoms with E-state index in [1.807, 2.05) is 0 Å². The molecule has 2 amide bonds. The van der Waals surface area contributed by atoms with Gasteiger partial charge in [0.15, 0.2) is 10.8 Å². The first-order valence-electron chi connectivity index (χ1n) is 8.44. The van der Waals surface area contributed by atoms with Crippen molar-refractivity contribution in [2.75, 3.05) is 25.6 Å². The number of nitrogens with two attached hydrogens (primary N) is 1. The van der Waals surface area contributed by atoms with E-state index in [9.17, 15) is 24.3 Å². The van der Waals surface area contributed by atoms with Crippen LogP contribution in [0.15, 0.2) is 10.5 Å². The van der Waals surface area contributed by atoms with Crippen LogP contribution in [0, 0.1) is 0 Å². The fourth-order valence-electron chi connectivity index (χ4n) is 2.47. The minimum Gasteiger partial charge on any atom is -0.479 e. The van der Waals surface area contributed by atoms with Crippen LogP contribution in [-0.2, 0) is 28.9 Å². The Morgan fingerprint density at radius 1 is 1.42 bits per heavy atom. The van der Waals surface area contributed by atoms with E-state index in [4.69, 9.17) is 25.9 Å². The van der Waals surface area contributed by atoms with Crippen LogP contribution >= 0.6 is 11.3 Å². The van der Waals surface area contributed by atoms with Crippen LogP contribution in [0.4, 0.5) is 5.13 Å². The maximum atomic E-state index is 12.7. The van der Waals surface area contributed by atoms with Crippen LogP contribution in [0.25, 0.3) is 0 Å². The minimum atomic E-state index is -1.77. The smallest absolute Gasteiger partial charge is 0.344 e. The first-order chi connectivity index (χ1) is 14.5. The predicted molar refractivity (Wildman–Crippen MR) is 101 cm³/mol. The number of aliphatic hydroxyl groups is 2. The Morgan fingerprint density at radius 2 is 2.10 bits per heavy atom. The second kappa shape index (κ2) is 9.65. The first-order valence-corrected chi connectivity index (χ1v) is 9.32. The molecule has 31 heavy (non-hydrogen) atoms. The molecule has 1 aliphatic rings. The number of anilines is 1. The second-order valence-corrected chi connectivity index (χ2v) is 7.24. The number of aliphatic carboxylic acids is 2. The molecule has 0 spiro atoms. The van der Waals surface area contributed by atoms with Crippen LogP contribution in [0.3, 0.4) is 0 Å². The molecule has 15 nitrogen and oxygen atoms in total. The quantitative estimate of drug-likeness (QED) is 0.110. The van der Waals surface area contributed by atoms with Crippen LogP contribution in [-0.4, -0.2) is 97.4 Å². The number of hydrogen-bond donors (Lipinski definition) is 6. The lowest BCUT2D eigenvalue weighted by Crippen LogP contribution is -2.80. The van der Waals surface area contributed by atoms with Gasteiger partial charge >= 0.3 is 11.9 Å². The Hall–Kier alpha value is -3.34. The number of carboxylic acids is 2. The molecule has 2 rings (SSSR count). The van der Waals surface area contributed by atoms with Crippen molar-refractivity contribution in [3.8, 4) is 0 Å². The van der Waals surface area contributed by atoms with Crippen molar-refractivity contribution in [1.29, 1.82) is 0 Å². The Morgan fingerprint density at radius 3 is 2.58 bits per heavy atom. The van der Waals surface area contributed by atoms with Gasteiger partial charge in [0.05, 0.1) is 13.2 Å². The van der Waals surface area contributed by atoms with Gasteiger partial charge in [-0.2, -0.15) is 0 Å². The van der Waals surface area contributed by atoms with Gasteiger partial charge in [-0.25, -0.2) is 19.6 Å². The topological polar surface area (TPSA) is 234 Å². The molecule has 3 atom stereocenters. The van der Waals surface area contributed by atoms with E-state index in [1.165, 1.54) is 12.3 Å². The molecule has 0 bridgehead atoms. The number of carboxylic acid groups (broad SMARTS) is 2. The summed E-state index contributed by atoms with van der Waals surface area (Å²) < 4.78 is 0. The van der Waals surface area contributed by atoms with E-state index in [0.29, 0.717) is 5.06 Å².